The minimum Gasteiger partial charge on any atom is -0.481 e. The van der Waals surface area contributed by atoms with Crippen molar-refractivity contribution >= 4 is 23.4 Å². The largest absolute Gasteiger partial charge is 0.481 e. The van der Waals surface area contributed by atoms with Crippen LogP contribution in [0.25, 0.3) is 22.4 Å². The van der Waals surface area contributed by atoms with Gasteiger partial charge in [0.25, 0.3) is 0 Å². The van der Waals surface area contributed by atoms with Crippen molar-refractivity contribution in [2.75, 3.05) is 33.9 Å². The summed E-state index contributed by atoms with van der Waals surface area (Å²) in [4.78, 5) is 34.3. The number of carbonyl (C=O) groups excluding carboxylic acids is 1. The van der Waals surface area contributed by atoms with E-state index in [1.807, 2.05) is 53.4 Å². The van der Waals surface area contributed by atoms with Crippen LogP contribution in [0.5, 0.6) is 17.6 Å². The Labute approximate surface area is 327 Å². The van der Waals surface area contributed by atoms with Gasteiger partial charge in [0.2, 0.25) is 17.6 Å². The van der Waals surface area contributed by atoms with Crippen LogP contribution in [-0.2, 0) is 35.3 Å². The number of ether oxygens (including phenoxy) is 3. The molecule has 0 amide bonds. The summed E-state index contributed by atoms with van der Waals surface area (Å²) in [6.07, 6.45) is -1.75. The highest BCUT2D eigenvalue weighted by molar-refractivity contribution is 6.36. The molecule has 4 aromatic rings. The fourth-order valence-electron chi connectivity index (χ4n) is 8.86. The van der Waals surface area contributed by atoms with E-state index in [2.05, 4.69) is 10.3 Å². The number of aliphatic carboxylic acids is 1. The zero-order valence-corrected chi connectivity index (χ0v) is 31.8. The molecule has 3 heterocycles. The minimum atomic E-state index is -4.77. The summed E-state index contributed by atoms with van der Waals surface area (Å²) >= 11 is 7.13. The first-order valence-electron chi connectivity index (χ1n) is 18.8. The number of hydrogen-bond acceptors (Lipinski definition) is 9. The van der Waals surface area contributed by atoms with Gasteiger partial charge in [-0.2, -0.15) is 18.2 Å². The van der Waals surface area contributed by atoms with Crippen LogP contribution in [0.2, 0.25) is 5.02 Å². The van der Waals surface area contributed by atoms with Crippen molar-refractivity contribution in [3.63, 3.8) is 0 Å². The molecule has 2 N–H and O–H groups in total. The number of benzene rings is 2. The number of likely N-dealkylation sites (tertiary alicyclic amines) is 1. The van der Waals surface area contributed by atoms with Crippen molar-refractivity contribution in [1.29, 1.82) is 0 Å². The van der Waals surface area contributed by atoms with E-state index in [-0.39, 0.29) is 30.5 Å². The maximum Gasteiger partial charge on any atom is 0.421 e. The highest BCUT2D eigenvalue weighted by Crippen LogP contribution is 2.58. The van der Waals surface area contributed by atoms with E-state index in [1.165, 1.54) is 7.11 Å². The molecule has 0 bridgehead atoms. The Morgan fingerprint density at radius 1 is 0.982 bits per heavy atom. The maximum atomic E-state index is 14.6. The second-order valence-corrected chi connectivity index (χ2v) is 15.7. The zero-order valence-electron chi connectivity index (χ0n) is 31.0. The number of piperidine rings is 1. The van der Waals surface area contributed by atoms with Gasteiger partial charge in [0.1, 0.15) is 17.5 Å². The van der Waals surface area contributed by atoms with E-state index < -0.39 is 35.1 Å². The number of nitrogens with one attached hydrogen (secondary N) is 1. The molecule has 10 nitrogen and oxygen atoms in total. The predicted molar refractivity (Wildman–Crippen MR) is 202 cm³/mol. The van der Waals surface area contributed by atoms with Gasteiger partial charge >= 0.3 is 12.1 Å². The number of carboxylic acids is 1. The molecule has 4 atom stereocenters. The molecule has 294 valence electrons. The number of methoxy groups -OCH3 is 2. The summed E-state index contributed by atoms with van der Waals surface area (Å²) < 4.78 is 61.0. The molecular weight excluding hydrogens is 749 g/mol. The van der Waals surface area contributed by atoms with Gasteiger partial charge in [-0.05, 0) is 72.9 Å². The summed E-state index contributed by atoms with van der Waals surface area (Å²) in [5.74, 6) is -0.306. The van der Waals surface area contributed by atoms with Gasteiger partial charge in [-0.3, -0.25) is 14.5 Å². The van der Waals surface area contributed by atoms with Crippen molar-refractivity contribution in [1.82, 2.24) is 20.2 Å². The molecule has 4 aliphatic rings. The number of ketones is 1. The van der Waals surface area contributed by atoms with Crippen LogP contribution in [0, 0.1) is 17.3 Å². The number of pyridine rings is 2. The maximum absolute atomic E-state index is 14.6. The highest BCUT2D eigenvalue weighted by atomic mass is 35.5. The average Bonchev–Trinajstić information content (AvgIpc) is 3.44. The number of carbonyl (C=O) groups is 2. The van der Waals surface area contributed by atoms with Crippen LogP contribution >= 0.6 is 11.6 Å². The number of aromatic nitrogens is 2. The summed E-state index contributed by atoms with van der Waals surface area (Å²) in [7, 11) is 2.92. The SMILES string of the molecule is COc1nc(-c2cccc(-c3cccc4c3CC[C@@H]4Oc3nc(OC)c(CN4C[C@@H]5C[C@]5(C(=O)O)C4)cc3C(F)(F)F)c2Cl)ccc1CNC[C@@H]1CCC(=O)C1. The fourth-order valence-corrected chi connectivity index (χ4v) is 9.18. The number of fused-ring (bicyclic) bond motifs is 2. The highest BCUT2D eigenvalue weighted by Gasteiger charge is 2.65. The molecule has 56 heavy (non-hydrogen) atoms. The van der Waals surface area contributed by atoms with E-state index in [0.717, 1.165) is 46.8 Å². The van der Waals surface area contributed by atoms with Gasteiger partial charge < -0.3 is 24.6 Å². The molecule has 2 aromatic carbocycles. The fraction of sp³-hybridized carbons (Fsp3) is 0.429. The number of nitrogens with zero attached hydrogens (tertiary/aromatic N) is 3. The standard InChI is InChI=1S/C42H42ClF3N4O6/c1-54-37-24(19-47-18-23-9-11-27(51)15-23)10-13-34(48-37)32-8-4-7-31(36(32)43)28-5-3-6-30-29(28)12-14-35(30)56-39-33(42(44,45)46)16-25(38(49-39)55-2)20-50-21-26-17-41(26,22-50)40(52)53/h3-8,10,13,16,23,26,35,47H,9,11-12,14-15,17-22H2,1-2H3,(H,52,53)/t23-,26+,35+,41+/m1/s1. The Morgan fingerprint density at radius 3 is 2.45 bits per heavy atom. The molecule has 3 fully saturated rings. The van der Waals surface area contributed by atoms with Crippen LogP contribution in [-0.4, -0.2) is 65.6 Å². The van der Waals surface area contributed by atoms with Gasteiger partial charge in [0.15, 0.2) is 0 Å². The molecule has 0 radical (unpaired) electrons. The molecule has 14 heteroatoms. The lowest BCUT2D eigenvalue weighted by atomic mass is 9.94. The number of Topliss-reactive ketones (excluding diaryl/α,β-unsaturated/α-hetero) is 1. The van der Waals surface area contributed by atoms with Crippen molar-refractivity contribution in [3.8, 4) is 40.0 Å². The number of carboxylic acid groups (broad SMARTS) is 1. The van der Waals surface area contributed by atoms with Crippen LogP contribution < -0.4 is 19.5 Å². The number of halogens is 4. The first kappa shape index (κ1) is 38.2. The van der Waals surface area contributed by atoms with E-state index in [1.54, 1.807) is 7.11 Å². The van der Waals surface area contributed by atoms with Gasteiger partial charge in [-0.1, -0.05) is 54.1 Å². The number of alkyl halides is 3. The van der Waals surface area contributed by atoms with Gasteiger partial charge in [-0.25, -0.2) is 4.98 Å². The average molecular weight is 791 g/mol. The summed E-state index contributed by atoms with van der Waals surface area (Å²) in [6, 6.07) is 16.2. The van der Waals surface area contributed by atoms with Crippen molar-refractivity contribution in [2.45, 2.75) is 63.9 Å². The third-order valence-electron chi connectivity index (χ3n) is 11.8. The lowest BCUT2D eigenvalue weighted by molar-refractivity contribution is -0.143. The van der Waals surface area contributed by atoms with Gasteiger partial charge in [0, 0.05) is 61.3 Å². The summed E-state index contributed by atoms with van der Waals surface area (Å²) in [5.41, 5.74) is 3.86. The number of hydrogen-bond donors (Lipinski definition) is 2. The Bertz CT molecular complexity index is 2200. The zero-order chi connectivity index (χ0) is 39.4. The van der Waals surface area contributed by atoms with Crippen LogP contribution in [0.3, 0.4) is 0 Å². The van der Waals surface area contributed by atoms with E-state index >= 15 is 0 Å². The Morgan fingerprint density at radius 2 is 1.73 bits per heavy atom. The quantitative estimate of drug-likeness (QED) is 0.138. The molecule has 3 aliphatic carbocycles. The molecule has 8 rings (SSSR count). The molecule has 2 saturated carbocycles. The molecule has 1 saturated heterocycles. The summed E-state index contributed by atoms with van der Waals surface area (Å²) in [6.45, 7) is 2.12. The van der Waals surface area contributed by atoms with Gasteiger partial charge in [0.05, 0.1) is 30.4 Å². The first-order valence-corrected chi connectivity index (χ1v) is 19.2. The predicted octanol–water partition coefficient (Wildman–Crippen LogP) is 7.93. The van der Waals surface area contributed by atoms with E-state index in [9.17, 15) is 27.9 Å². The molecule has 0 spiro atoms. The summed E-state index contributed by atoms with van der Waals surface area (Å²) in [5, 5.41) is 13.6. The smallest absolute Gasteiger partial charge is 0.421 e. The van der Waals surface area contributed by atoms with Crippen molar-refractivity contribution in [3.05, 3.63) is 87.4 Å². The topological polar surface area (TPSA) is 123 Å². The third kappa shape index (κ3) is 7.20. The second-order valence-electron chi connectivity index (χ2n) is 15.4. The lowest BCUT2D eigenvalue weighted by Crippen LogP contribution is -2.28. The van der Waals surface area contributed by atoms with Crippen LogP contribution in [0.15, 0.2) is 54.6 Å². The van der Waals surface area contributed by atoms with E-state index in [0.29, 0.717) is 79.1 Å². The molecule has 0 unspecified atom stereocenters. The normalized spacial score (nSPS) is 22.9. The third-order valence-corrected chi connectivity index (χ3v) is 12.2. The molecule has 1 aliphatic heterocycles. The molecule has 2 aromatic heterocycles. The van der Waals surface area contributed by atoms with Crippen LogP contribution in [0.1, 0.15) is 66.0 Å². The Kier molecular flexibility index (Phi) is 10.2. The van der Waals surface area contributed by atoms with Crippen molar-refractivity contribution < 1.29 is 42.1 Å². The van der Waals surface area contributed by atoms with Crippen molar-refractivity contribution in [2.24, 2.45) is 17.3 Å². The molecular formula is C42H42ClF3N4O6. The minimum absolute atomic E-state index is 0.00446. The Hall–Kier alpha value is -4.72. The van der Waals surface area contributed by atoms with E-state index in [4.69, 9.17) is 30.8 Å². The Balaban J connectivity index is 1.03. The monoisotopic (exact) mass is 790 g/mol. The van der Waals surface area contributed by atoms with Crippen LogP contribution in [0.4, 0.5) is 13.2 Å². The first-order chi connectivity index (χ1) is 26.9. The second kappa shape index (κ2) is 15.0. The number of rotatable bonds is 13. The van der Waals surface area contributed by atoms with Gasteiger partial charge in [-0.15, -0.1) is 0 Å². The lowest BCUT2D eigenvalue weighted by Gasteiger charge is -2.23.